The SMILES string of the molecule is O=c1oc2ccccc2n1CCN1CC2CN(Cc3ccccn3)CC2(CO)C1. The van der Waals surface area contributed by atoms with E-state index in [1.54, 1.807) is 4.57 Å². The molecule has 7 nitrogen and oxygen atoms in total. The lowest BCUT2D eigenvalue weighted by Crippen LogP contribution is -2.38. The summed E-state index contributed by atoms with van der Waals surface area (Å²) in [7, 11) is 0. The minimum absolute atomic E-state index is 0.0851. The summed E-state index contributed by atoms with van der Waals surface area (Å²) in [6.07, 6.45) is 1.83. The van der Waals surface area contributed by atoms with Crippen LogP contribution in [-0.2, 0) is 13.1 Å². The average molecular weight is 394 g/mol. The van der Waals surface area contributed by atoms with Gasteiger partial charge in [-0.3, -0.25) is 14.5 Å². The van der Waals surface area contributed by atoms with Crippen LogP contribution in [-0.4, -0.2) is 63.8 Å². The quantitative estimate of drug-likeness (QED) is 0.682. The Morgan fingerprint density at radius 2 is 1.86 bits per heavy atom. The highest BCUT2D eigenvalue weighted by atomic mass is 16.4. The van der Waals surface area contributed by atoms with Gasteiger partial charge in [-0.1, -0.05) is 18.2 Å². The number of rotatable bonds is 6. The zero-order valence-electron chi connectivity index (χ0n) is 16.4. The summed E-state index contributed by atoms with van der Waals surface area (Å²) in [6.45, 7) is 6.07. The van der Waals surface area contributed by atoms with Crippen LogP contribution >= 0.6 is 0 Å². The van der Waals surface area contributed by atoms with Gasteiger partial charge in [0.25, 0.3) is 0 Å². The molecular weight excluding hydrogens is 368 g/mol. The molecule has 3 aromatic rings. The fourth-order valence-electron chi connectivity index (χ4n) is 5.10. The predicted molar refractivity (Wildman–Crippen MR) is 109 cm³/mol. The van der Waals surface area contributed by atoms with E-state index in [0.717, 1.165) is 50.5 Å². The Balaban J connectivity index is 1.24. The number of pyridine rings is 1. The minimum atomic E-state index is -0.302. The van der Waals surface area contributed by atoms with Gasteiger partial charge in [0.05, 0.1) is 17.8 Å². The topological polar surface area (TPSA) is 74.7 Å². The maximum Gasteiger partial charge on any atom is 0.419 e. The van der Waals surface area contributed by atoms with Crippen LogP contribution in [0.3, 0.4) is 0 Å². The average Bonchev–Trinajstić information content (AvgIpc) is 3.34. The zero-order chi connectivity index (χ0) is 19.8. The van der Waals surface area contributed by atoms with Crippen molar-refractivity contribution < 1.29 is 9.52 Å². The van der Waals surface area contributed by atoms with E-state index < -0.39 is 0 Å². The predicted octanol–water partition coefficient (Wildman–Crippen LogP) is 1.42. The molecule has 2 aromatic heterocycles. The number of aliphatic hydroxyl groups is 1. The van der Waals surface area contributed by atoms with Gasteiger partial charge < -0.3 is 14.4 Å². The minimum Gasteiger partial charge on any atom is -0.408 e. The number of hydrogen-bond acceptors (Lipinski definition) is 6. The Morgan fingerprint density at radius 1 is 1.07 bits per heavy atom. The van der Waals surface area contributed by atoms with Crippen LogP contribution in [0.15, 0.2) is 57.9 Å². The number of hydrogen-bond donors (Lipinski definition) is 1. The molecule has 2 aliphatic rings. The Labute approximate surface area is 169 Å². The fourth-order valence-corrected chi connectivity index (χ4v) is 5.10. The van der Waals surface area contributed by atoms with Crippen LogP contribution in [0.2, 0.25) is 0 Å². The number of likely N-dealkylation sites (tertiary alicyclic amines) is 2. The van der Waals surface area contributed by atoms with Crippen molar-refractivity contribution in [2.24, 2.45) is 11.3 Å². The summed E-state index contributed by atoms with van der Waals surface area (Å²) < 4.78 is 7.05. The van der Waals surface area contributed by atoms with Crippen molar-refractivity contribution in [2.45, 2.75) is 13.1 Å². The van der Waals surface area contributed by atoms with Crippen molar-refractivity contribution in [3.63, 3.8) is 0 Å². The molecule has 1 N–H and O–H groups in total. The second-order valence-corrected chi connectivity index (χ2v) is 8.43. The van der Waals surface area contributed by atoms with Crippen LogP contribution < -0.4 is 5.76 Å². The highest BCUT2D eigenvalue weighted by Gasteiger charge is 2.51. The van der Waals surface area contributed by atoms with Gasteiger partial charge >= 0.3 is 5.76 Å². The summed E-state index contributed by atoms with van der Waals surface area (Å²) in [6, 6.07) is 13.5. The van der Waals surface area contributed by atoms with Crippen LogP contribution in [0, 0.1) is 11.3 Å². The third kappa shape index (κ3) is 3.39. The maximum absolute atomic E-state index is 12.2. The lowest BCUT2D eigenvalue weighted by Gasteiger charge is -2.27. The van der Waals surface area contributed by atoms with E-state index in [2.05, 4.69) is 20.9 Å². The number of aromatic nitrogens is 2. The molecule has 2 aliphatic heterocycles. The van der Waals surface area contributed by atoms with E-state index in [1.807, 2.05) is 42.6 Å². The molecule has 2 unspecified atom stereocenters. The van der Waals surface area contributed by atoms with E-state index in [1.165, 1.54) is 0 Å². The number of benzene rings is 1. The zero-order valence-corrected chi connectivity index (χ0v) is 16.4. The highest BCUT2D eigenvalue weighted by molar-refractivity contribution is 5.72. The second-order valence-electron chi connectivity index (χ2n) is 8.43. The molecule has 4 heterocycles. The summed E-state index contributed by atoms with van der Waals surface area (Å²) in [5, 5.41) is 10.2. The maximum atomic E-state index is 12.2. The molecule has 5 rings (SSSR count). The second kappa shape index (κ2) is 7.40. The number of oxazole rings is 1. The van der Waals surface area contributed by atoms with Gasteiger partial charge in [0, 0.05) is 57.4 Å². The number of nitrogens with zero attached hydrogens (tertiary/aromatic N) is 4. The molecule has 0 amide bonds. The van der Waals surface area contributed by atoms with E-state index in [4.69, 9.17) is 4.42 Å². The van der Waals surface area contributed by atoms with Gasteiger partial charge in [0.1, 0.15) is 0 Å². The number of fused-ring (bicyclic) bond motifs is 2. The molecule has 29 heavy (non-hydrogen) atoms. The lowest BCUT2D eigenvalue weighted by atomic mass is 9.82. The highest BCUT2D eigenvalue weighted by Crippen LogP contribution is 2.42. The van der Waals surface area contributed by atoms with Crippen molar-refractivity contribution in [3.05, 3.63) is 64.9 Å². The molecule has 1 aromatic carbocycles. The first-order chi connectivity index (χ1) is 14.2. The van der Waals surface area contributed by atoms with E-state index in [9.17, 15) is 9.90 Å². The smallest absolute Gasteiger partial charge is 0.408 e. The van der Waals surface area contributed by atoms with Gasteiger partial charge in [0.2, 0.25) is 0 Å². The van der Waals surface area contributed by atoms with E-state index in [0.29, 0.717) is 18.0 Å². The van der Waals surface area contributed by atoms with Crippen molar-refractivity contribution in [2.75, 3.05) is 39.3 Å². The lowest BCUT2D eigenvalue weighted by molar-refractivity contribution is 0.111. The molecule has 0 aliphatic carbocycles. The van der Waals surface area contributed by atoms with Gasteiger partial charge in [-0.2, -0.15) is 0 Å². The first-order valence-corrected chi connectivity index (χ1v) is 10.2. The molecule has 152 valence electrons. The molecule has 0 saturated carbocycles. The van der Waals surface area contributed by atoms with Crippen molar-refractivity contribution in [3.8, 4) is 0 Å². The number of para-hydroxylation sites is 2. The van der Waals surface area contributed by atoms with E-state index in [-0.39, 0.29) is 17.8 Å². The van der Waals surface area contributed by atoms with Crippen LogP contribution in [0.1, 0.15) is 5.69 Å². The third-order valence-electron chi connectivity index (χ3n) is 6.54. The van der Waals surface area contributed by atoms with Crippen LogP contribution in [0.4, 0.5) is 0 Å². The third-order valence-corrected chi connectivity index (χ3v) is 6.54. The number of aliphatic hydroxyl groups excluding tert-OH is 1. The first kappa shape index (κ1) is 18.5. The summed E-state index contributed by atoms with van der Waals surface area (Å²) in [4.78, 5) is 21.4. The van der Waals surface area contributed by atoms with E-state index >= 15 is 0 Å². The van der Waals surface area contributed by atoms with Crippen molar-refractivity contribution in [1.29, 1.82) is 0 Å². The molecule has 7 heteroatoms. The van der Waals surface area contributed by atoms with Crippen molar-refractivity contribution >= 4 is 11.1 Å². The molecule has 0 bridgehead atoms. The molecule has 2 fully saturated rings. The van der Waals surface area contributed by atoms with Crippen molar-refractivity contribution in [1.82, 2.24) is 19.4 Å². The van der Waals surface area contributed by atoms with Crippen LogP contribution in [0.25, 0.3) is 11.1 Å². The molecule has 0 radical (unpaired) electrons. The molecule has 0 spiro atoms. The Bertz CT molecular complexity index is 1050. The van der Waals surface area contributed by atoms with Gasteiger partial charge in [-0.15, -0.1) is 0 Å². The van der Waals surface area contributed by atoms with Gasteiger partial charge in [-0.05, 0) is 30.2 Å². The summed E-state index contributed by atoms with van der Waals surface area (Å²) in [5.41, 5.74) is 2.46. The normalized spacial score (nSPS) is 25.1. The van der Waals surface area contributed by atoms with Gasteiger partial charge in [0.15, 0.2) is 5.58 Å². The largest absolute Gasteiger partial charge is 0.419 e. The van der Waals surface area contributed by atoms with Gasteiger partial charge in [-0.25, -0.2) is 4.79 Å². The Morgan fingerprint density at radius 3 is 2.66 bits per heavy atom. The molecule has 2 saturated heterocycles. The Kier molecular flexibility index (Phi) is 4.73. The summed E-state index contributed by atoms with van der Waals surface area (Å²) in [5.74, 6) is 0.137. The standard InChI is InChI=1S/C22H26N4O3/c27-16-22-14-24(9-10-26-19-6-1-2-7-20(19)29-21(26)28)11-17(22)12-25(15-22)13-18-5-3-4-8-23-18/h1-8,17,27H,9-16H2. The first-order valence-electron chi connectivity index (χ1n) is 10.2. The Hall–Kier alpha value is -2.48. The molecular formula is C22H26N4O3. The van der Waals surface area contributed by atoms with Crippen LogP contribution in [0.5, 0.6) is 0 Å². The monoisotopic (exact) mass is 394 g/mol. The summed E-state index contributed by atoms with van der Waals surface area (Å²) >= 11 is 0. The fraction of sp³-hybridized carbons (Fsp3) is 0.455. The molecule has 2 atom stereocenters.